The zero-order chi connectivity index (χ0) is 28.8. The Hall–Kier alpha value is -4.19. The molecule has 12 heteroatoms. The molecule has 214 valence electrons. The lowest BCUT2D eigenvalue weighted by Crippen LogP contribution is -2.57. The van der Waals surface area contributed by atoms with Crippen LogP contribution in [0.3, 0.4) is 0 Å². The van der Waals surface area contributed by atoms with E-state index in [1.165, 1.54) is 11.2 Å². The van der Waals surface area contributed by atoms with Gasteiger partial charge in [-0.3, -0.25) is 14.4 Å². The number of aromatic amines is 2. The average molecular weight is 552 g/mol. The van der Waals surface area contributed by atoms with Crippen LogP contribution in [0.4, 0.5) is 0 Å². The zero-order valence-electron chi connectivity index (χ0n) is 22.7. The number of carboxylic acids is 1. The standard InChI is InChI=1S/C28H37N7O5/c1-16(2)10-22(33-25(36)20(29)12-18-14-30-15-32-18)27(38)35-9-5-8-24(35)26(37)34-23(28(39)40)11-17-13-31-21-7-4-3-6-19(17)21/h3-4,6-7,13-16,20,22-24,31H,5,8-12,29H2,1-2H3,(H,30,32)(H,33,36)(H,34,37)(H,39,40). The number of nitrogens with zero attached hydrogens (tertiary/aromatic N) is 2. The van der Waals surface area contributed by atoms with Crippen LogP contribution < -0.4 is 16.4 Å². The van der Waals surface area contributed by atoms with Crippen LogP contribution in [0.2, 0.25) is 0 Å². The summed E-state index contributed by atoms with van der Waals surface area (Å²) in [5.41, 5.74) is 8.43. The summed E-state index contributed by atoms with van der Waals surface area (Å²) in [4.78, 5) is 63.3. The van der Waals surface area contributed by atoms with Gasteiger partial charge in [0.25, 0.3) is 0 Å². The fraction of sp³-hybridized carbons (Fsp3) is 0.464. The van der Waals surface area contributed by atoms with E-state index in [2.05, 4.69) is 25.6 Å². The van der Waals surface area contributed by atoms with Gasteiger partial charge in [0.15, 0.2) is 0 Å². The molecule has 40 heavy (non-hydrogen) atoms. The number of hydrogen-bond acceptors (Lipinski definition) is 6. The van der Waals surface area contributed by atoms with Gasteiger partial charge in [-0.1, -0.05) is 32.0 Å². The summed E-state index contributed by atoms with van der Waals surface area (Å²) in [6, 6.07) is 3.78. The number of hydrogen-bond donors (Lipinski definition) is 6. The maximum Gasteiger partial charge on any atom is 0.326 e. The first-order valence-corrected chi connectivity index (χ1v) is 13.6. The van der Waals surface area contributed by atoms with Crippen molar-refractivity contribution >= 4 is 34.6 Å². The molecule has 0 spiro atoms. The van der Waals surface area contributed by atoms with Crippen LogP contribution in [-0.4, -0.2) is 79.4 Å². The number of nitrogens with one attached hydrogen (secondary N) is 4. The highest BCUT2D eigenvalue weighted by Gasteiger charge is 2.39. The van der Waals surface area contributed by atoms with Crippen molar-refractivity contribution in [1.29, 1.82) is 0 Å². The highest BCUT2D eigenvalue weighted by atomic mass is 16.4. The number of aromatic nitrogens is 3. The van der Waals surface area contributed by atoms with Crippen molar-refractivity contribution in [3.8, 4) is 0 Å². The first kappa shape index (κ1) is 28.8. The molecule has 3 amide bonds. The maximum absolute atomic E-state index is 13.6. The van der Waals surface area contributed by atoms with Crippen LogP contribution in [0, 0.1) is 5.92 Å². The number of para-hydroxylation sites is 1. The van der Waals surface area contributed by atoms with Gasteiger partial charge in [0.05, 0.1) is 12.4 Å². The second kappa shape index (κ2) is 12.8. The van der Waals surface area contributed by atoms with E-state index in [1.807, 2.05) is 38.1 Å². The molecule has 3 heterocycles. The molecule has 1 fully saturated rings. The van der Waals surface area contributed by atoms with Gasteiger partial charge in [-0.25, -0.2) is 9.78 Å². The van der Waals surface area contributed by atoms with Crippen molar-refractivity contribution in [2.24, 2.45) is 11.7 Å². The smallest absolute Gasteiger partial charge is 0.326 e. The van der Waals surface area contributed by atoms with E-state index < -0.39 is 42.0 Å². The van der Waals surface area contributed by atoms with Crippen molar-refractivity contribution < 1.29 is 24.3 Å². The van der Waals surface area contributed by atoms with Crippen molar-refractivity contribution in [3.05, 3.63) is 54.2 Å². The molecule has 4 unspecified atom stereocenters. The molecular formula is C28H37N7O5. The third-order valence-corrected chi connectivity index (χ3v) is 7.21. The Morgan fingerprint density at radius 1 is 1.12 bits per heavy atom. The summed E-state index contributed by atoms with van der Waals surface area (Å²) >= 11 is 0. The number of fused-ring (bicyclic) bond motifs is 1. The van der Waals surface area contributed by atoms with E-state index in [4.69, 9.17) is 5.73 Å². The molecule has 4 atom stereocenters. The average Bonchev–Trinajstić information content (AvgIpc) is 3.68. The third kappa shape index (κ3) is 6.87. The van der Waals surface area contributed by atoms with Crippen LogP contribution in [0.15, 0.2) is 43.0 Å². The quantitative estimate of drug-likeness (QED) is 0.194. The Bertz CT molecular complexity index is 1340. The van der Waals surface area contributed by atoms with E-state index in [0.29, 0.717) is 31.5 Å². The summed E-state index contributed by atoms with van der Waals surface area (Å²) in [5.74, 6) is -2.45. The predicted molar refractivity (Wildman–Crippen MR) is 148 cm³/mol. The SMILES string of the molecule is CC(C)CC(NC(=O)C(N)Cc1cnc[nH]1)C(=O)N1CCCC1C(=O)NC(Cc1c[nH]c2ccccc12)C(=O)O. The molecule has 2 aromatic heterocycles. The largest absolute Gasteiger partial charge is 0.480 e. The highest BCUT2D eigenvalue weighted by Crippen LogP contribution is 2.22. The summed E-state index contributed by atoms with van der Waals surface area (Å²) in [5, 5.41) is 16.2. The minimum absolute atomic E-state index is 0.0838. The lowest BCUT2D eigenvalue weighted by molar-refractivity contribution is -0.145. The number of rotatable bonds is 12. The first-order chi connectivity index (χ1) is 19.1. The van der Waals surface area contributed by atoms with Gasteiger partial charge < -0.3 is 36.3 Å². The number of carbonyl (C=O) groups excluding carboxylic acids is 3. The van der Waals surface area contributed by atoms with E-state index >= 15 is 0 Å². The second-order valence-corrected chi connectivity index (χ2v) is 10.7. The van der Waals surface area contributed by atoms with Gasteiger partial charge in [-0.05, 0) is 36.8 Å². The molecule has 12 nitrogen and oxygen atoms in total. The van der Waals surface area contributed by atoms with E-state index in [-0.39, 0.29) is 24.7 Å². The van der Waals surface area contributed by atoms with Crippen molar-refractivity contribution in [2.45, 2.75) is 70.1 Å². The van der Waals surface area contributed by atoms with Crippen LogP contribution in [-0.2, 0) is 32.0 Å². The van der Waals surface area contributed by atoms with Crippen LogP contribution in [0.5, 0.6) is 0 Å². The second-order valence-electron chi connectivity index (χ2n) is 10.7. The first-order valence-electron chi connectivity index (χ1n) is 13.6. The topological polar surface area (TPSA) is 186 Å². The number of nitrogens with two attached hydrogens (primary N) is 1. The molecule has 1 aliphatic rings. The number of amides is 3. The van der Waals surface area contributed by atoms with Crippen molar-refractivity contribution in [2.75, 3.05) is 6.54 Å². The molecule has 0 bridgehead atoms. The Kier molecular flexibility index (Phi) is 9.20. The number of H-pyrrole nitrogens is 2. The fourth-order valence-corrected chi connectivity index (χ4v) is 5.19. The molecule has 4 rings (SSSR count). The molecule has 3 aromatic rings. The number of imidazole rings is 1. The van der Waals surface area contributed by atoms with Crippen molar-refractivity contribution in [3.63, 3.8) is 0 Å². The maximum atomic E-state index is 13.6. The lowest BCUT2D eigenvalue weighted by Gasteiger charge is -2.30. The van der Waals surface area contributed by atoms with Gasteiger partial charge in [0, 0.05) is 48.4 Å². The molecular weight excluding hydrogens is 514 g/mol. The molecule has 1 saturated heterocycles. The Labute approximate surface area is 232 Å². The van der Waals surface area contributed by atoms with E-state index in [9.17, 15) is 24.3 Å². The van der Waals surface area contributed by atoms with E-state index in [1.54, 1.807) is 12.4 Å². The van der Waals surface area contributed by atoms with Crippen molar-refractivity contribution in [1.82, 2.24) is 30.5 Å². The fourth-order valence-electron chi connectivity index (χ4n) is 5.19. The number of aliphatic carboxylic acids is 1. The van der Waals surface area contributed by atoms with Crippen LogP contribution in [0.25, 0.3) is 10.9 Å². The number of likely N-dealkylation sites (tertiary alicyclic amines) is 1. The lowest BCUT2D eigenvalue weighted by atomic mass is 10.0. The Balaban J connectivity index is 1.43. The normalized spacial score (nSPS) is 17.5. The summed E-state index contributed by atoms with van der Waals surface area (Å²) in [6.45, 7) is 4.21. The monoisotopic (exact) mass is 551 g/mol. The summed E-state index contributed by atoms with van der Waals surface area (Å²) < 4.78 is 0. The molecule has 0 radical (unpaired) electrons. The van der Waals surface area contributed by atoms with Gasteiger partial charge in [-0.15, -0.1) is 0 Å². The molecule has 0 aliphatic carbocycles. The van der Waals surface area contributed by atoms with E-state index in [0.717, 1.165) is 16.5 Å². The third-order valence-electron chi connectivity index (χ3n) is 7.21. The molecule has 0 saturated carbocycles. The highest BCUT2D eigenvalue weighted by molar-refractivity contribution is 5.95. The number of benzene rings is 1. The van der Waals surface area contributed by atoms with Gasteiger partial charge >= 0.3 is 5.97 Å². The summed E-state index contributed by atoms with van der Waals surface area (Å²) in [7, 11) is 0. The minimum Gasteiger partial charge on any atom is -0.480 e. The molecule has 1 aliphatic heterocycles. The minimum atomic E-state index is -1.17. The molecule has 7 N–H and O–H groups in total. The predicted octanol–water partition coefficient (Wildman–Crippen LogP) is 1.09. The Morgan fingerprint density at radius 2 is 1.90 bits per heavy atom. The molecule has 1 aromatic carbocycles. The van der Waals surface area contributed by atoms with Gasteiger partial charge in [-0.2, -0.15) is 0 Å². The number of carboxylic acid groups (broad SMARTS) is 1. The number of carbonyl (C=O) groups is 4. The summed E-state index contributed by atoms with van der Waals surface area (Å²) in [6.07, 6.45) is 6.50. The van der Waals surface area contributed by atoms with Crippen LogP contribution in [0.1, 0.15) is 44.4 Å². The zero-order valence-corrected chi connectivity index (χ0v) is 22.7. The van der Waals surface area contributed by atoms with Gasteiger partial charge in [0.1, 0.15) is 18.1 Å². The Morgan fingerprint density at radius 3 is 2.60 bits per heavy atom. The van der Waals surface area contributed by atoms with Gasteiger partial charge in [0.2, 0.25) is 17.7 Å². The van der Waals surface area contributed by atoms with Crippen LogP contribution >= 0.6 is 0 Å².